The van der Waals surface area contributed by atoms with E-state index >= 15 is 0 Å². The van der Waals surface area contributed by atoms with Crippen LogP contribution in [0.15, 0.2) is 28.7 Å². The average molecular weight is 395 g/mol. The lowest BCUT2D eigenvalue weighted by Gasteiger charge is -2.31. The summed E-state index contributed by atoms with van der Waals surface area (Å²) in [5.74, 6) is 0.141. The van der Waals surface area contributed by atoms with Crippen molar-refractivity contribution in [1.29, 1.82) is 0 Å². The minimum Gasteiger partial charge on any atom is -0.376 e. The van der Waals surface area contributed by atoms with Gasteiger partial charge in [-0.3, -0.25) is 9.59 Å². The number of nitrogens with one attached hydrogen (secondary N) is 1. The SMILES string of the molecule is O=C(NC[C@H]1CCCO1)C1CCN(C(=O)c2ccc(Br)cc2)CC1. The molecule has 1 N–H and O–H groups in total. The Bertz CT molecular complexity index is 576. The maximum absolute atomic E-state index is 12.5. The molecule has 0 unspecified atom stereocenters. The monoisotopic (exact) mass is 394 g/mol. The van der Waals surface area contributed by atoms with Crippen LogP contribution < -0.4 is 5.32 Å². The van der Waals surface area contributed by atoms with E-state index in [9.17, 15) is 9.59 Å². The Labute approximate surface area is 150 Å². The third kappa shape index (κ3) is 4.36. The van der Waals surface area contributed by atoms with Gasteiger partial charge in [0.25, 0.3) is 5.91 Å². The highest BCUT2D eigenvalue weighted by atomic mass is 79.9. The predicted octanol–water partition coefficient (Wildman–Crippen LogP) is 2.60. The van der Waals surface area contributed by atoms with Crippen molar-refractivity contribution in [3.05, 3.63) is 34.3 Å². The Balaban J connectivity index is 1.45. The van der Waals surface area contributed by atoms with Gasteiger partial charge < -0.3 is 15.0 Å². The van der Waals surface area contributed by atoms with Gasteiger partial charge in [0.2, 0.25) is 5.91 Å². The van der Waals surface area contributed by atoms with Crippen LogP contribution in [0.4, 0.5) is 0 Å². The third-order valence-electron chi connectivity index (χ3n) is 4.77. The molecule has 0 aromatic heterocycles. The molecule has 3 rings (SSSR count). The van der Waals surface area contributed by atoms with Gasteiger partial charge in [-0.15, -0.1) is 0 Å². The van der Waals surface area contributed by atoms with Crippen LogP contribution in [-0.4, -0.2) is 49.1 Å². The first-order chi connectivity index (χ1) is 11.6. The van der Waals surface area contributed by atoms with Gasteiger partial charge >= 0.3 is 0 Å². The minimum absolute atomic E-state index is 0.000343. The predicted molar refractivity (Wildman–Crippen MR) is 94.8 cm³/mol. The van der Waals surface area contributed by atoms with Gasteiger partial charge in [0.05, 0.1) is 6.10 Å². The molecule has 24 heavy (non-hydrogen) atoms. The van der Waals surface area contributed by atoms with E-state index in [0.29, 0.717) is 25.2 Å². The molecule has 1 aromatic carbocycles. The maximum Gasteiger partial charge on any atom is 0.253 e. The lowest BCUT2D eigenvalue weighted by molar-refractivity contribution is -0.126. The van der Waals surface area contributed by atoms with Crippen molar-refractivity contribution in [2.75, 3.05) is 26.2 Å². The Morgan fingerprint density at radius 2 is 1.88 bits per heavy atom. The molecule has 6 heteroatoms. The van der Waals surface area contributed by atoms with E-state index in [1.807, 2.05) is 29.2 Å². The lowest BCUT2D eigenvalue weighted by Crippen LogP contribution is -2.44. The van der Waals surface area contributed by atoms with Crippen LogP contribution in [-0.2, 0) is 9.53 Å². The number of carbonyl (C=O) groups is 2. The molecule has 130 valence electrons. The third-order valence-corrected chi connectivity index (χ3v) is 5.30. The van der Waals surface area contributed by atoms with Crippen molar-refractivity contribution < 1.29 is 14.3 Å². The summed E-state index contributed by atoms with van der Waals surface area (Å²) < 4.78 is 6.48. The number of piperidine rings is 1. The Morgan fingerprint density at radius 1 is 1.17 bits per heavy atom. The quantitative estimate of drug-likeness (QED) is 0.853. The number of ether oxygens (including phenoxy) is 1. The molecular weight excluding hydrogens is 372 g/mol. The summed E-state index contributed by atoms with van der Waals surface area (Å²) >= 11 is 3.38. The number of benzene rings is 1. The Morgan fingerprint density at radius 3 is 2.50 bits per heavy atom. The molecule has 5 nitrogen and oxygen atoms in total. The van der Waals surface area contributed by atoms with Gasteiger partial charge in [0, 0.05) is 42.2 Å². The average Bonchev–Trinajstić information content (AvgIpc) is 3.13. The van der Waals surface area contributed by atoms with Crippen molar-refractivity contribution in [2.45, 2.75) is 31.8 Å². The maximum atomic E-state index is 12.5. The number of hydrogen-bond acceptors (Lipinski definition) is 3. The van der Waals surface area contributed by atoms with E-state index in [1.54, 1.807) is 0 Å². The Kier molecular flexibility index (Phi) is 5.89. The van der Waals surface area contributed by atoms with Crippen LogP contribution in [0, 0.1) is 5.92 Å². The highest BCUT2D eigenvalue weighted by Crippen LogP contribution is 2.20. The molecule has 0 spiro atoms. The van der Waals surface area contributed by atoms with Crippen molar-refractivity contribution in [2.24, 2.45) is 5.92 Å². The highest BCUT2D eigenvalue weighted by Gasteiger charge is 2.28. The zero-order chi connectivity index (χ0) is 16.9. The summed E-state index contributed by atoms with van der Waals surface area (Å²) in [5.41, 5.74) is 0.694. The molecule has 2 heterocycles. The molecule has 1 aromatic rings. The van der Waals surface area contributed by atoms with Crippen LogP contribution in [0.5, 0.6) is 0 Å². The number of hydrogen-bond donors (Lipinski definition) is 1. The topological polar surface area (TPSA) is 58.6 Å². The fourth-order valence-electron chi connectivity index (χ4n) is 3.28. The fourth-order valence-corrected chi connectivity index (χ4v) is 3.55. The lowest BCUT2D eigenvalue weighted by atomic mass is 9.95. The first-order valence-electron chi connectivity index (χ1n) is 8.57. The highest BCUT2D eigenvalue weighted by molar-refractivity contribution is 9.10. The van der Waals surface area contributed by atoms with Gasteiger partial charge in [-0.05, 0) is 49.9 Å². The molecule has 0 bridgehead atoms. The first-order valence-corrected chi connectivity index (χ1v) is 9.37. The van der Waals surface area contributed by atoms with Gasteiger partial charge in [-0.1, -0.05) is 15.9 Å². The molecule has 2 fully saturated rings. The zero-order valence-electron chi connectivity index (χ0n) is 13.7. The van der Waals surface area contributed by atoms with E-state index in [4.69, 9.17) is 4.74 Å². The van der Waals surface area contributed by atoms with Gasteiger partial charge in [-0.25, -0.2) is 0 Å². The van der Waals surface area contributed by atoms with Crippen LogP contribution in [0.2, 0.25) is 0 Å². The molecule has 2 aliphatic rings. The number of likely N-dealkylation sites (tertiary alicyclic amines) is 1. The fraction of sp³-hybridized carbons (Fsp3) is 0.556. The molecule has 0 aliphatic carbocycles. The van der Waals surface area contributed by atoms with Crippen LogP contribution >= 0.6 is 15.9 Å². The number of rotatable bonds is 4. The largest absolute Gasteiger partial charge is 0.376 e. The van der Waals surface area contributed by atoms with Crippen molar-refractivity contribution >= 4 is 27.7 Å². The molecule has 2 aliphatic heterocycles. The summed E-state index contributed by atoms with van der Waals surface area (Å²) in [6, 6.07) is 7.40. The summed E-state index contributed by atoms with van der Waals surface area (Å²) in [4.78, 5) is 26.6. The Hall–Kier alpha value is -1.40. The summed E-state index contributed by atoms with van der Waals surface area (Å²) in [6.07, 6.45) is 3.73. The van der Waals surface area contributed by atoms with E-state index < -0.39 is 0 Å². The number of carbonyl (C=O) groups excluding carboxylic acids is 2. The van der Waals surface area contributed by atoms with E-state index in [1.165, 1.54) is 0 Å². The first kappa shape index (κ1) is 17.4. The second-order valence-electron chi connectivity index (χ2n) is 6.45. The van der Waals surface area contributed by atoms with Gasteiger partial charge in [-0.2, -0.15) is 0 Å². The number of nitrogens with zero attached hydrogens (tertiary/aromatic N) is 1. The van der Waals surface area contributed by atoms with Crippen molar-refractivity contribution in [3.8, 4) is 0 Å². The number of halogens is 1. The molecule has 2 saturated heterocycles. The second-order valence-corrected chi connectivity index (χ2v) is 7.37. The van der Waals surface area contributed by atoms with Crippen LogP contribution in [0.3, 0.4) is 0 Å². The van der Waals surface area contributed by atoms with E-state index in [-0.39, 0.29) is 23.8 Å². The molecule has 0 radical (unpaired) electrons. The summed E-state index contributed by atoms with van der Waals surface area (Å²) in [6.45, 7) is 2.67. The molecule has 0 saturated carbocycles. The van der Waals surface area contributed by atoms with E-state index in [2.05, 4.69) is 21.2 Å². The standard InChI is InChI=1S/C18H23BrN2O3/c19-15-5-3-14(4-6-15)18(23)21-9-7-13(8-10-21)17(22)20-12-16-2-1-11-24-16/h3-6,13,16H,1-2,7-12H2,(H,20,22)/t16-/m1/s1. The van der Waals surface area contributed by atoms with Gasteiger partial charge in [0.15, 0.2) is 0 Å². The summed E-state index contributed by atoms with van der Waals surface area (Å²) in [5, 5.41) is 3.00. The molecule has 2 amide bonds. The summed E-state index contributed by atoms with van der Waals surface area (Å²) in [7, 11) is 0. The second kappa shape index (κ2) is 8.12. The zero-order valence-corrected chi connectivity index (χ0v) is 15.3. The minimum atomic E-state index is 0.000343. The van der Waals surface area contributed by atoms with Gasteiger partial charge in [0.1, 0.15) is 0 Å². The smallest absolute Gasteiger partial charge is 0.253 e. The van der Waals surface area contributed by atoms with Crippen molar-refractivity contribution in [3.63, 3.8) is 0 Å². The van der Waals surface area contributed by atoms with E-state index in [0.717, 1.165) is 36.8 Å². The molecule has 1 atom stereocenters. The molecular formula is C18H23BrN2O3. The van der Waals surface area contributed by atoms with Crippen LogP contribution in [0.25, 0.3) is 0 Å². The normalized spacial score (nSPS) is 21.7. The van der Waals surface area contributed by atoms with Crippen molar-refractivity contribution in [1.82, 2.24) is 10.2 Å². The van der Waals surface area contributed by atoms with Crippen LogP contribution in [0.1, 0.15) is 36.0 Å². The number of amides is 2.